The summed E-state index contributed by atoms with van der Waals surface area (Å²) in [5, 5.41) is 2.42. The van der Waals surface area contributed by atoms with Crippen LogP contribution in [0, 0.1) is 0 Å². The Labute approximate surface area is 148 Å². The van der Waals surface area contributed by atoms with Gasteiger partial charge in [0.2, 0.25) is 10.0 Å². The second-order valence-corrected chi connectivity index (χ2v) is 7.11. The molecule has 1 heterocycles. The number of nitrogens with one attached hydrogen (secondary N) is 1. The van der Waals surface area contributed by atoms with Crippen molar-refractivity contribution in [1.29, 1.82) is 0 Å². The number of hydrogen-bond acceptors (Lipinski definition) is 4. The van der Waals surface area contributed by atoms with Crippen LogP contribution in [0.15, 0.2) is 30.3 Å². The first-order chi connectivity index (χ1) is 10.9. The van der Waals surface area contributed by atoms with E-state index in [0.717, 1.165) is 0 Å². The molecule has 1 aromatic carbocycles. The Morgan fingerprint density at radius 1 is 1.17 bits per heavy atom. The van der Waals surface area contributed by atoms with E-state index < -0.39 is 22.0 Å². The lowest BCUT2D eigenvalue weighted by Gasteiger charge is -2.31. The Kier molecular flexibility index (Phi) is 6.35. The molecule has 1 N–H and O–H groups in total. The van der Waals surface area contributed by atoms with E-state index in [0.29, 0.717) is 26.3 Å². The van der Waals surface area contributed by atoms with Crippen LogP contribution in [0.1, 0.15) is 10.4 Å². The Morgan fingerprint density at radius 2 is 1.78 bits per heavy atom. The van der Waals surface area contributed by atoms with Gasteiger partial charge in [0.05, 0.1) is 18.8 Å². The minimum atomic E-state index is -2.01. The summed E-state index contributed by atoms with van der Waals surface area (Å²) in [6.07, 6.45) is -1.42. The smallest absolute Gasteiger partial charge is 0.340 e. The lowest BCUT2D eigenvalue weighted by Crippen LogP contribution is -2.54. The number of halogens is 3. The number of nitrogens with zero attached hydrogens (tertiary/aromatic N) is 1. The number of carbonyl (C=O) groups is 2. The number of alkyl halides is 3. The predicted octanol–water partition coefficient (Wildman–Crippen LogP) is 2.58. The predicted molar refractivity (Wildman–Crippen MR) is 86.9 cm³/mol. The second-order valence-electron chi connectivity index (χ2n) is 4.74. The maximum Gasteiger partial charge on any atom is 0.340 e. The van der Waals surface area contributed by atoms with E-state index in [2.05, 4.69) is 5.32 Å². The van der Waals surface area contributed by atoms with Gasteiger partial charge in [0, 0.05) is 13.1 Å². The topological polar surface area (TPSA) is 67.9 Å². The van der Waals surface area contributed by atoms with E-state index in [1.165, 1.54) is 4.90 Å². The summed E-state index contributed by atoms with van der Waals surface area (Å²) < 4.78 is 8.29. The zero-order valence-corrected chi connectivity index (χ0v) is 14.3. The molecule has 0 spiro atoms. The molecule has 0 aromatic heterocycles. The van der Waals surface area contributed by atoms with Crippen LogP contribution in [0.25, 0.3) is 0 Å². The molecule has 2 amide bonds. The third-order valence-corrected chi connectivity index (χ3v) is 3.68. The van der Waals surface area contributed by atoms with E-state index in [9.17, 15) is 9.59 Å². The molecule has 1 aliphatic heterocycles. The number of urea groups is 1. The lowest BCUT2D eigenvalue weighted by atomic mass is 10.2. The quantitative estimate of drug-likeness (QED) is 0.496. The standard InChI is InChI=1S/C14H15Cl3N2O4/c15-14(16,17)12(18-13(21)19-6-8-22-9-7-19)23-11(20)10-4-2-1-3-5-10/h1-5,12H,6-9H2,(H,18,21)/t12-/m0/s1. The van der Waals surface area contributed by atoms with Crippen LogP contribution in [-0.2, 0) is 9.47 Å². The molecule has 0 bridgehead atoms. The SMILES string of the molecule is O=C(O[C@H](NC(=O)N1CCOCC1)C(Cl)(Cl)Cl)c1ccccc1. The molecular weight excluding hydrogens is 367 g/mol. The fourth-order valence-corrected chi connectivity index (χ4v) is 2.19. The average Bonchev–Trinajstić information content (AvgIpc) is 2.54. The fraction of sp³-hybridized carbons (Fsp3) is 0.429. The van der Waals surface area contributed by atoms with Crippen LogP contribution in [0.4, 0.5) is 4.79 Å². The highest BCUT2D eigenvalue weighted by Gasteiger charge is 2.38. The largest absolute Gasteiger partial charge is 0.433 e. The van der Waals surface area contributed by atoms with Gasteiger partial charge in [-0.15, -0.1) is 0 Å². The van der Waals surface area contributed by atoms with E-state index in [1.54, 1.807) is 30.3 Å². The molecule has 0 aliphatic carbocycles. The van der Waals surface area contributed by atoms with Crippen LogP contribution in [0.3, 0.4) is 0 Å². The highest BCUT2D eigenvalue weighted by molar-refractivity contribution is 6.68. The molecule has 126 valence electrons. The minimum absolute atomic E-state index is 0.285. The number of ether oxygens (including phenoxy) is 2. The van der Waals surface area contributed by atoms with Crippen molar-refractivity contribution in [3.05, 3.63) is 35.9 Å². The normalized spacial score (nSPS) is 16.6. The van der Waals surface area contributed by atoms with Crippen molar-refractivity contribution >= 4 is 46.8 Å². The molecule has 6 nitrogen and oxygen atoms in total. The maximum absolute atomic E-state index is 12.2. The van der Waals surface area contributed by atoms with Gasteiger partial charge in [0.25, 0.3) is 0 Å². The number of esters is 1. The summed E-state index contributed by atoms with van der Waals surface area (Å²) in [6.45, 7) is 1.67. The van der Waals surface area contributed by atoms with Crippen molar-refractivity contribution in [1.82, 2.24) is 10.2 Å². The van der Waals surface area contributed by atoms with Crippen molar-refractivity contribution in [3.63, 3.8) is 0 Å². The number of amides is 2. The maximum atomic E-state index is 12.2. The van der Waals surface area contributed by atoms with Gasteiger partial charge in [-0.05, 0) is 12.1 Å². The molecule has 0 unspecified atom stereocenters. The second kappa shape index (κ2) is 8.06. The molecule has 0 radical (unpaired) electrons. The third-order valence-electron chi connectivity index (χ3n) is 3.08. The fourth-order valence-electron chi connectivity index (χ4n) is 1.90. The summed E-state index contributed by atoms with van der Waals surface area (Å²) >= 11 is 17.4. The van der Waals surface area contributed by atoms with E-state index in [1.807, 2.05) is 0 Å². The summed E-state index contributed by atoms with van der Waals surface area (Å²) in [7, 11) is 0. The van der Waals surface area contributed by atoms with Crippen LogP contribution in [0.5, 0.6) is 0 Å². The van der Waals surface area contributed by atoms with Gasteiger partial charge in [-0.2, -0.15) is 0 Å². The van der Waals surface area contributed by atoms with E-state index >= 15 is 0 Å². The van der Waals surface area contributed by atoms with Gasteiger partial charge in [0.15, 0.2) is 0 Å². The highest BCUT2D eigenvalue weighted by atomic mass is 35.6. The Bertz CT molecular complexity index is 545. The molecule has 2 rings (SSSR count). The first-order valence-corrected chi connectivity index (χ1v) is 7.97. The third kappa shape index (κ3) is 5.42. The minimum Gasteiger partial charge on any atom is -0.433 e. The molecule has 1 aromatic rings. The lowest BCUT2D eigenvalue weighted by molar-refractivity contribution is 0.0196. The molecule has 0 saturated carbocycles. The van der Waals surface area contributed by atoms with Crippen molar-refractivity contribution < 1.29 is 19.1 Å². The van der Waals surface area contributed by atoms with E-state index in [-0.39, 0.29) is 5.56 Å². The van der Waals surface area contributed by atoms with Crippen molar-refractivity contribution in [2.24, 2.45) is 0 Å². The number of benzene rings is 1. The molecular formula is C14H15Cl3N2O4. The van der Waals surface area contributed by atoms with Gasteiger partial charge in [-0.25, -0.2) is 9.59 Å². The zero-order valence-electron chi connectivity index (χ0n) is 12.0. The molecule has 1 atom stereocenters. The van der Waals surface area contributed by atoms with Gasteiger partial charge in [-0.3, -0.25) is 5.32 Å². The number of hydrogen-bond donors (Lipinski definition) is 1. The van der Waals surface area contributed by atoms with Crippen LogP contribution < -0.4 is 5.32 Å². The number of morpholine rings is 1. The van der Waals surface area contributed by atoms with Crippen LogP contribution >= 0.6 is 34.8 Å². The first kappa shape index (κ1) is 18.1. The molecule has 9 heteroatoms. The first-order valence-electron chi connectivity index (χ1n) is 6.84. The van der Waals surface area contributed by atoms with Crippen LogP contribution in [0.2, 0.25) is 0 Å². The summed E-state index contributed by atoms with van der Waals surface area (Å²) in [4.78, 5) is 25.7. The average molecular weight is 382 g/mol. The van der Waals surface area contributed by atoms with Crippen molar-refractivity contribution in [2.45, 2.75) is 10.0 Å². The molecule has 1 fully saturated rings. The van der Waals surface area contributed by atoms with Crippen molar-refractivity contribution in [2.75, 3.05) is 26.3 Å². The summed E-state index contributed by atoms with van der Waals surface area (Å²) in [6, 6.07) is 7.72. The molecule has 1 saturated heterocycles. The number of carbonyl (C=O) groups excluding carboxylic acids is 2. The highest BCUT2D eigenvalue weighted by Crippen LogP contribution is 2.31. The summed E-state index contributed by atoms with van der Waals surface area (Å²) in [5.41, 5.74) is 0.285. The Hall–Kier alpha value is -1.21. The Balaban J connectivity index is 2.02. The van der Waals surface area contributed by atoms with Crippen LogP contribution in [-0.4, -0.2) is 53.2 Å². The van der Waals surface area contributed by atoms with E-state index in [4.69, 9.17) is 44.3 Å². The van der Waals surface area contributed by atoms with Gasteiger partial charge in [0.1, 0.15) is 0 Å². The monoisotopic (exact) mass is 380 g/mol. The van der Waals surface area contributed by atoms with Gasteiger partial charge >= 0.3 is 12.0 Å². The van der Waals surface area contributed by atoms with Gasteiger partial charge < -0.3 is 14.4 Å². The summed E-state index contributed by atoms with van der Waals surface area (Å²) in [5.74, 6) is -0.704. The van der Waals surface area contributed by atoms with Crippen molar-refractivity contribution in [3.8, 4) is 0 Å². The zero-order chi connectivity index (χ0) is 16.9. The number of rotatable bonds is 3. The molecule has 1 aliphatic rings. The Morgan fingerprint density at radius 3 is 2.35 bits per heavy atom. The molecule has 23 heavy (non-hydrogen) atoms. The van der Waals surface area contributed by atoms with Gasteiger partial charge in [-0.1, -0.05) is 53.0 Å².